The molecule has 0 spiro atoms. The molecule has 2 aliphatic heterocycles. The molecule has 0 aliphatic carbocycles. The van der Waals surface area contributed by atoms with Gasteiger partial charge < -0.3 is 10.0 Å². The molecule has 2 aliphatic rings. The molecule has 0 bridgehead atoms. The van der Waals surface area contributed by atoms with Crippen molar-refractivity contribution in [3.8, 4) is 0 Å². The van der Waals surface area contributed by atoms with E-state index in [0.29, 0.717) is 17.7 Å². The topological polar surface area (TPSA) is 107 Å². The molecule has 0 aromatic carbocycles. The molecule has 24 heavy (non-hydrogen) atoms. The van der Waals surface area contributed by atoms with Crippen molar-refractivity contribution >= 4 is 6.09 Å². The van der Waals surface area contributed by atoms with Crippen molar-refractivity contribution in [2.45, 2.75) is 51.2 Å². The number of hydrogen-bond donors (Lipinski definition) is 1. The van der Waals surface area contributed by atoms with Gasteiger partial charge in [0.05, 0.1) is 12.2 Å². The van der Waals surface area contributed by atoms with Crippen molar-refractivity contribution in [3.05, 3.63) is 27.4 Å². The highest BCUT2D eigenvalue weighted by Gasteiger charge is 2.44. The van der Waals surface area contributed by atoms with E-state index in [1.807, 2.05) is 0 Å². The summed E-state index contributed by atoms with van der Waals surface area (Å²) >= 11 is 0. The second-order valence-corrected chi connectivity index (χ2v) is 6.44. The SMILES string of the molecule is C[C@@H]1Cc2nn3c(c2CN1C(=O)O)C(F)(F)CCC(CN=[N+]=[N-])C3. The summed E-state index contributed by atoms with van der Waals surface area (Å²) in [5, 5.41) is 17.1. The summed E-state index contributed by atoms with van der Waals surface area (Å²) in [4.78, 5) is 15.2. The van der Waals surface area contributed by atoms with Gasteiger partial charge in [-0.15, -0.1) is 0 Å². The Hall–Kier alpha value is -2.35. The number of rotatable bonds is 2. The second-order valence-electron chi connectivity index (χ2n) is 6.44. The maximum Gasteiger partial charge on any atom is 0.407 e. The predicted octanol–water partition coefficient (Wildman–Crippen LogP) is 3.12. The minimum atomic E-state index is -3.07. The zero-order valence-corrected chi connectivity index (χ0v) is 13.2. The number of carbonyl (C=O) groups is 1. The Morgan fingerprint density at radius 3 is 3.00 bits per heavy atom. The standard InChI is InChI=1S/C14H18F2N6O2/c1-8-4-11-10(7-21(8)13(23)24)12-14(15,16)3-2-9(5-18-20-17)6-22(12)19-11/h8-9H,2-7H2,1H3,(H,23,24)/t8-,9?/m1/s1. The summed E-state index contributed by atoms with van der Waals surface area (Å²) < 4.78 is 30.6. The molecule has 0 saturated carbocycles. The fourth-order valence-electron chi connectivity index (χ4n) is 3.53. The summed E-state index contributed by atoms with van der Waals surface area (Å²) in [6.45, 7) is 2.06. The lowest BCUT2D eigenvalue weighted by Gasteiger charge is -2.31. The van der Waals surface area contributed by atoms with Gasteiger partial charge in [0.15, 0.2) is 0 Å². The first kappa shape index (κ1) is 16.5. The van der Waals surface area contributed by atoms with Crippen LogP contribution in [0.3, 0.4) is 0 Å². The number of azide groups is 1. The minimum Gasteiger partial charge on any atom is -0.465 e. The minimum absolute atomic E-state index is 0.0717. The van der Waals surface area contributed by atoms with E-state index in [1.54, 1.807) is 6.92 Å². The highest BCUT2D eigenvalue weighted by molar-refractivity contribution is 5.66. The van der Waals surface area contributed by atoms with Gasteiger partial charge in [-0.05, 0) is 24.8 Å². The molecule has 3 heterocycles. The largest absolute Gasteiger partial charge is 0.465 e. The smallest absolute Gasteiger partial charge is 0.407 e. The van der Waals surface area contributed by atoms with Crippen molar-refractivity contribution in [2.24, 2.45) is 11.0 Å². The number of nitrogens with zero attached hydrogens (tertiary/aromatic N) is 6. The van der Waals surface area contributed by atoms with Crippen molar-refractivity contribution in [2.75, 3.05) is 6.54 Å². The van der Waals surface area contributed by atoms with E-state index in [-0.39, 0.29) is 50.1 Å². The Morgan fingerprint density at radius 2 is 2.33 bits per heavy atom. The molecule has 0 fully saturated rings. The van der Waals surface area contributed by atoms with Gasteiger partial charge in [-0.25, -0.2) is 4.79 Å². The van der Waals surface area contributed by atoms with Crippen molar-refractivity contribution in [1.29, 1.82) is 0 Å². The Bertz CT molecular complexity index is 712. The van der Waals surface area contributed by atoms with E-state index < -0.39 is 12.0 Å². The first-order valence-corrected chi connectivity index (χ1v) is 7.80. The summed E-state index contributed by atoms with van der Waals surface area (Å²) in [7, 11) is 0. The monoisotopic (exact) mass is 340 g/mol. The van der Waals surface area contributed by atoms with Crippen molar-refractivity contribution < 1.29 is 18.7 Å². The van der Waals surface area contributed by atoms with Gasteiger partial charge >= 0.3 is 6.09 Å². The lowest BCUT2D eigenvalue weighted by Crippen LogP contribution is -2.42. The van der Waals surface area contributed by atoms with Gasteiger partial charge in [0.2, 0.25) is 0 Å². The third kappa shape index (κ3) is 2.77. The van der Waals surface area contributed by atoms with Crippen LogP contribution in [0.15, 0.2) is 5.11 Å². The molecule has 1 aromatic rings. The van der Waals surface area contributed by atoms with Crippen LogP contribution in [-0.4, -0.2) is 38.5 Å². The highest BCUT2D eigenvalue weighted by atomic mass is 19.3. The number of amides is 1. The number of aromatic nitrogens is 2. The van der Waals surface area contributed by atoms with E-state index >= 15 is 0 Å². The molecule has 3 rings (SSSR count). The molecular formula is C14H18F2N6O2. The van der Waals surface area contributed by atoms with E-state index in [0.717, 1.165) is 0 Å². The van der Waals surface area contributed by atoms with E-state index in [2.05, 4.69) is 15.1 Å². The number of halogens is 2. The summed E-state index contributed by atoms with van der Waals surface area (Å²) in [5.74, 6) is -3.28. The maximum atomic E-state index is 14.7. The number of alkyl halides is 2. The molecule has 1 aromatic heterocycles. The fourth-order valence-corrected chi connectivity index (χ4v) is 3.53. The molecule has 0 radical (unpaired) electrons. The van der Waals surface area contributed by atoms with Gasteiger partial charge in [0, 0.05) is 42.4 Å². The van der Waals surface area contributed by atoms with Gasteiger partial charge in [0.1, 0.15) is 5.69 Å². The van der Waals surface area contributed by atoms with Gasteiger partial charge in [-0.1, -0.05) is 5.11 Å². The van der Waals surface area contributed by atoms with Crippen LogP contribution in [0, 0.1) is 5.92 Å². The van der Waals surface area contributed by atoms with Crippen LogP contribution in [0.4, 0.5) is 13.6 Å². The molecule has 0 saturated heterocycles. The van der Waals surface area contributed by atoms with Crippen molar-refractivity contribution in [1.82, 2.24) is 14.7 Å². The molecular weight excluding hydrogens is 322 g/mol. The quantitative estimate of drug-likeness (QED) is 0.507. The van der Waals surface area contributed by atoms with Crippen LogP contribution >= 0.6 is 0 Å². The summed E-state index contributed by atoms with van der Waals surface area (Å²) in [6, 6.07) is -0.304. The van der Waals surface area contributed by atoms with Crippen LogP contribution in [0.25, 0.3) is 10.4 Å². The Labute approximate surface area is 136 Å². The zero-order valence-electron chi connectivity index (χ0n) is 13.2. The fraction of sp³-hybridized carbons (Fsp3) is 0.714. The zero-order chi connectivity index (χ0) is 17.5. The van der Waals surface area contributed by atoms with E-state index in [9.17, 15) is 18.7 Å². The molecule has 1 N–H and O–H groups in total. The lowest BCUT2D eigenvalue weighted by atomic mass is 9.96. The van der Waals surface area contributed by atoms with Crippen LogP contribution < -0.4 is 0 Å². The van der Waals surface area contributed by atoms with Crippen molar-refractivity contribution in [3.63, 3.8) is 0 Å². The maximum absolute atomic E-state index is 14.7. The highest BCUT2D eigenvalue weighted by Crippen LogP contribution is 2.42. The van der Waals surface area contributed by atoms with Crippen LogP contribution in [-0.2, 0) is 25.4 Å². The normalized spacial score (nSPS) is 25.2. The van der Waals surface area contributed by atoms with E-state index in [1.165, 1.54) is 9.58 Å². The van der Waals surface area contributed by atoms with E-state index in [4.69, 9.17) is 5.53 Å². The molecule has 8 nitrogen and oxygen atoms in total. The Balaban J connectivity index is 2.01. The van der Waals surface area contributed by atoms with Gasteiger partial charge in [-0.2, -0.15) is 13.9 Å². The molecule has 1 amide bonds. The van der Waals surface area contributed by atoms with Gasteiger partial charge in [-0.3, -0.25) is 4.68 Å². The number of hydrogen-bond acceptors (Lipinski definition) is 3. The third-order valence-corrected chi connectivity index (χ3v) is 4.78. The third-order valence-electron chi connectivity index (χ3n) is 4.78. The number of fused-ring (bicyclic) bond motifs is 3. The first-order chi connectivity index (χ1) is 11.3. The van der Waals surface area contributed by atoms with Crippen LogP contribution in [0.5, 0.6) is 0 Å². The predicted molar refractivity (Wildman–Crippen MR) is 79.6 cm³/mol. The lowest BCUT2D eigenvalue weighted by molar-refractivity contribution is -0.0220. The molecule has 130 valence electrons. The second kappa shape index (κ2) is 5.94. The van der Waals surface area contributed by atoms with Crippen LogP contribution in [0.2, 0.25) is 0 Å². The van der Waals surface area contributed by atoms with Crippen LogP contribution in [0.1, 0.15) is 36.7 Å². The Morgan fingerprint density at radius 1 is 1.58 bits per heavy atom. The summed E-state index contributed by atoms with van der Waals surface area (Å²) in [6.07, 6.45) is -0.937. The molecule has 10 heteroatoms. The molecule has 1 unspecified atom stereocenters. The number of carboxylic acid groups (broad SMARTS) is 1. The Kier molecular flexibility index (Phi) is 4.08. The molecule has 2 atom stereocenters. The average Bonchev–Trinajstić information content (AvgIpc) is 2.80. The summed E-state index contributed by atoms with van der Waals surface area (Å²) in [5.41, 5.74) is 9.12. The van der Waals surface area contributed by atoms with Gasteiger partial charge in [0.25, 0.3) is 5.92 Å². The first-order valence-electron chi connectivity index (χ1n) is 7.80. The average molecular weight is 340 g/mol.